The van der Waals surface area contributed by atoms with Crippen molar-refractivity contribution in [3.8, 4) is 11.4 Å². The Balaban J connectivity index is 1.72. The molecule has 1 aliphatic heterocycles. The molecule has 1 amide bonds. The number of hydrogen-bond donors (Lipinski definition) is 2. The number of amides is 1. The van der Waals surface area contributed by atoms with Crippen LogP contribution in [0.25, 0.3) is 5.69 Å². The number of carbonyl (C=O) groups is 1. The molecule has 0 radical (unpaired) electrons. The van der Waals surface area contributed by atoms with Crippen molar-refractivity contribution in [3.63, 3.8) is 0 Å². The first kappa shape index (κ1) is 19.7. The molecule has 7 heteroatoms. The number of aryl methyl sites for hydroxylation is 1. The molecule has 4 aromatic rings. The quantitative estimate of drug-likeness (QED) is 0.511. The number of aromatic amines is 1. The van der Waals surface area contributed by atoms with Crippen LogP contribution in [0.5, 0.6) is 5.75 Å². The monoisotopic (exact) mass is 426 g/mol. The van der Waals surface area contributed by atoms with E-state index in [0.717, 1.165) is 5.69 Å². The molecule has 160 valence electrons. The Morgan fingerprint density at radius 3 is 2.34 bits per heavy atom. The number of benzene rings is 3. The van der Waals surface area contributed by atoms with Crippen LogP contribution in [0, 0.1) is 6.92 Å². The third-order valence-electron chi connectivity index (χ3n) is 5.68. The van der Waals surface area contributed by atoms with Gasteiger partial charge < -0.3 is 10.1 Å². The molecule has 1 atom stereocenters. The van der Waals surface area contributed by atoms with Gasteiger partial charge in [-0.3, -0.25) is 19.6 Å². The largest absolute Gasteiger partial charge is 0.495 e. The molecule has 7 nitrogen and oxygen atoms in total. The predicted molar refractivity (Wildman–Crippen MR) is 124 cm³/mol. The van der Waals surface area contributed by atoms with Gasteiger partial charge in [-0.05, 0) is 43.3 Å². The lowest BCUT2D eigenvalue weighted by Gasteiger charge is -2.38. The van der Waals surface area contributed by atoms with Gasteiger partial charge in [0, 0.05) is 11.4 Å². The minimum atomic E-state index is -0.720. The van der Waals surface area contributed by atoms with E-state index in [2.05, 4.69) is 10.4 Å². The topological polar surface area (TPSA) is 79.4 Å². The van der Waals surface area contributed by atoms with E-state index in [1.54, 1.807) is 24.1 Å². The Labute approximate surface area is 184 Å². The van der Waals surface area contributed by atoms with Crippen LogP contribution in [-0.4, -0.2) is 22.8 Å². The van der Waals surface area contributed by atoms with Crippen LogP contribution in [0.3, 0.4) is 0 Å². The highest BCUT2D eigenvalue weighted by molar-refractivity contribution is 6.12. The first-order valence-electron chi connectivity index (χ1n) is 10.3. The van der Waals surface area contributed by atoms with Crippen molar-refractivity contribution in [3.05, 3.63) is 106 Å². The SMILES string of the molecule is COc1ccccc1N1C(=O)c2ccccc2N[C@H]1c1c(C)[nH]n(-c2ccccc2)c1=O. The minimum absolute atomic E-state index is 0.208. The number of hydrogen-bond acceptors (Lipinski definition) is 4. The zero-order valence-corrected chi connectivity index (χ0v) is 17.7. The highest BCUT2D eigenvalue weighted by Crippen LogP contribution is 2.40. The summed E-state index contributed by atoms with van der Waals surface area (Å²) in [6.07, 6.45) is -0.720. The van der Waals surface area contributed by atoms with Crippen molar-refractivity contribution in [2.24, 2.45) is 0 Å². The van der Waals surface area contributed by atoms with Crippen molar-refractivity contribution in [1.82, 2.24) is 9.78 Å². The predicted octanol–water partition coefficient (Wildman–Crippen LogP) is 4.25. The molecule has 1 aliphatic rings. The Kier molecular flexibility index (Phi) is 4.78. The lowest BCUT2D eigenvalue weighted by atomic mass is 10.0. The van der Waals surface area contributed by atoms with E-state index in [1.165, 1.54) is 4.68 Å². The number of fused-ring (bicyclic) bond motifs is 1. The average Bonchev–Trinajstić information content (AvgIpc) is 3.13. The maximum Gasteiger partial charge on any atom is 0.278 e. The van der Waals surface area contributed by atoms with E-state index in [4.69, 9.17) is 4.74 Å². The summed E-state index contributed by atoms with van der Waals surface area (Å²) in [6, 6.07) is 24.0. The molecule has 5 rings (SSSR count). The van der Waals surface area contributed by atoms with Crippen molar-refractivity contribution in [1.29, 1.82) is 0 Å². The van der Waals surface area contributed by atoms with Gasteiger partial charge in [0.2, 0.25) is 0 Å². The summed E-state index contributed by atoms with van der Waals surface area (Å²) in [7, 11) is 1.56. The highest BCUT2D eigenvalue weighted by atomic mass is 16.5. The van der Waals surface area contributed by atoms with Gasteiger partial charge in [0.25, 0.3) is 11.5 Å². The second-order valence-corrected chi connectivity index (χ2v) is 7.57. The van der Waals surface area contributed by atoms with Crippen molar-refractivity contribution in [2.45, 2.75) is 13.1 Å². The van der Waals surface area contributed by atoms with E-state index in [1.807, 2.05) is 73.7 Å². The normalized spacial score (nSPS) is 15.2. The molecule has 2 N–H and O–H groups in total. The van der Waals surface area contributed by atoms with Crippen LogP contribution in [0.1, 0.15) is 27.8 Å². The van der Waals surface area contributed by atoms with Gasteiger partial charge in [-0.2, -0.15) is 0 Å². The van der Waals surface area contributed by atoms with Gasteiger partial charge in [0.05, 0.1) is 29.6 Å². The summed E-state index contributed by atoms with van der Waals surface area (Å²) in [4.78, 5) is 28.8. The molecule has 3 aromatic carbocycles. The number of H-pyrrole nitrogens is 1. The van der Waals surface area contributed by atoms with Gasteiger partial charge in [-0.1, -0.05) is 42.5 Å². The lowest BCUT2D eigenvalue weighted by molar-refractivity contribution is 0.0974. The molecule has 0 bridgehead atoms. The zero-order chi connectivity index (χ0) is 22.2. The number of para-hydroxylation sites is 4. The van der Waals surface area contributed by atoms with Crippen LogP contribution in [0.2, 0.25) is 0 Å². The maximum atomic E-state index is 13.7. The Morgan fingerprint density at radius 2 is 1.56 bits per heavy atom. The third-order valence-corrected chi connectivity index (χ3v) is 5.68. The highest BCUT2D eigenvalue weighted by Gasteiger charge is 2.38. The van der Waals surface area contributed by atoms with Gasteiger partial charge >= 0.3 is 0 Å². The number of ether oxygens (including phenoxy) is 1. The third kappa shape index (κ3) is 3.06. The van der Waals surface area contributed by atoms with E-state index in [0.29, 0.717) is 33.9 Å². The maximum absolute atomic E-state index is 13.7. The van der Waals surface area contributed by atoms with Gasteiger partial charge in [0.15, 0.2) is 0 Å². The van der Waals surface area contributed by atoms with E-state index < -0.39 is 6.17 Å². The second kappa shape index (κ2) is 7.77. The average molecular weight is 426 g/mol. The van der Waals surface area contributed by atoms with Crippen LogP contribution >= 0.6 is 0 Å². The molecular formula is C25H22N4O3. The molecule has 32 heavy (non-hydrogen) atoms. The molecule has 0 fully saturated rings. The van der Waals surface area contributed by atoms with Crippen molar-refractivity contribution < 1.29 is 9.53 Å². The summed E-state index contributed by atoms with van der Waals surface area (Å²) < 4.78 is 7.04. The van der Waals surface area contributed by atoms with E-state index in [-0.39, 0.29) is 11.5 Å². The number of nitrogens with zero attached hydrogens (tertiary/aromatic N) is 2. The molecule has 0 saturated heterocycles. The molecule has 0 spiro atoms. The first-order chi connectivity index (χ1) is 15.6. The van der Waals surface area contributed by atoms with E-state index >= 15 is 0 Å². The summed E-state index contributed by atoms with van der Waals surface area (Å²) in [6.45, 7) is 1.84. The van der Waals surface area contributed by atoms with Crippen LogP contribution in [0.15, 0.2) is 83.7 Å². The summed E-state index contributed by atoms with van der Waals surface area (Å²) in [5, 5.41) is 6.57. The molecule has 0 aliphatic carbocycles. The first-order valence-corrected chi connectivity index (χ1v) is 10.3. The molecule has 1 aromatic heterocycles. The van der Waals surface area contributed by atoms with Gasteiger partial charge in [-0.15, -0.1) is 0 Å². The smallest absolute Gasteiger partial charge is 0.278 e. The fourth-order valence-corrected chi connectivity index (χ4v) is 4.17. The fraction of sp³-hybridized carbons (Fsp3) is 0.120. The van der Waals surface area contributed by atoms with Crippen LogP contribution < -0.4 is 20.5 Å². The van der Waals surface area contributed by atoms with Crippen molar-refractivity contribution in [2.75, 3.05) is 17.3 Å². The van der Waals surface area contributed by atoms with E-state index in [9.17, 15) is 9.59 Å². The number of aromatic nitrogens is 2. The number of methoxy groups -OCH3 is 1. The van der Waals surface area contributed by atoms with Gasteiger partial charge in [0.1, 0.15) is 11.9 Å². The number of carbonyl (C=O) groups excluding carboxylic acids is 1. The molecular weight excluding hydrogens is 404 g/mol. The Hall–Kier alpha value is -4.26. The summed E-state index contributed by atoms with van der Waals surface area (Å²) in [5.74, 6) is 0.337. The second-order valence-electron chi connectivity index (χ2n) is 7.57. The standard InChI is InChI=1S/C25H22N4O3/c1-16-22(25(31)29(27-16)17-10-4-3-5-11-17)23-26-19-13-7-6-12-18(19)24(30)28(23)20-14-8-9-15-21(20)32-2/h3-15,23,26-27H,1-2H3/t23-/m1/s1. The lowest BCUT2D eigenvalue weighted by Crippen LogP contribution is -2.45. The Morgan fingerprint density at radius 1 is 0.875 bits per heavy atom. The van der Waals surface area contributed by atoms with Crippen LogP contribution in [0.4, 0.5) is 11.4 Å². The summed E-state index contributed by atoms with van der Waals surface area (Å²) in [5.41, 5.74) is 3.42. The number of anilines is 2. The molecule has 2 heterocycles. The zero-order valence-electron chi connectivity index (χ0n) is 17.7. The number of rotatable bonds is 4. The van der Waals surface area contributed by atoms with Gasteiger partial charge in [-0.25, -0.2) is 4.68 Å². The molecule has 0 unspecified atom stereocenters. The number of nitrogens with one attached hydrogen (secondary N) is 2. The van der Waals surface area contributed by atoms with Crippen LogP contribution in [-0.2, 0) is 0 Å². The summed E-state index contributed by atoms with van der Waals surface area (Å²) >= 11 is 0. The minimum Gasteiger partial charge on any atom is -0.495 e. The fourth-order valence-electron chi connectivity index (χ4n) is 4.17. The molecule has 0 saturated carbocycles. The Bertz CT molecular complexity index is 1360. The van der Waals surface area contributed by atoms with Crippen molar-refractivity contribution >= 4 is 17.3 Å².